The van der Waals surface area contributed by atoms with Gasteiger partial charge >= 0.3 is 0 Å². The molecule has 1 N–H and O–H groups in total. The fourth-order valence-electron chi connectivity index (χ4n) is 5.01. The molecule has 4 heteroatoms. The Balaban J connectivity index is 1.90. The van der Waals surface area contributed by atoms with E-state index in [0.717, 1.165) is 22.3 Å². The van der Waals surface area contributed by atoms with Gasteiger partial charge in [0.2, 0.25) is 11.8 Å². The number of para-hydroxylation sites is 1. The van der Waals surface area contributed by atoms with Crippen LogP contribution in [-0.2, 0) is 9.59 Å². The van der Waals surface area contributed by atoms with E-state index in [4.69, 9.17) is 0 Å². The predicted octanol–water partition coefficient (Wildman–Crippen LogP) is 4.80. The summed E-state index contributed by atoms with van der Waals surface area (Å²) in [6.45, 7) is 9.57. The summed E-state index contributed by atoms with van der Waals surface area (Å²) in [6, 6.07) is 13.0. The molecule has 29 heavy (non-hydrogen) atoms. The lowest BCUT2D eigenvalue weighted by molar-refractivity contribution is -0.127. The molecule has 2 aliphatic rings. The number of fused-ring (bicyclic) bond motifs is 1. The third kappa shape index (κ3) is 2.66. The molecule has 0 saturated carbocycles. The molecule has 0 aromatic heterocycles. The monoisotopic (exact) mass is 387 g/mol. The number of allylic oxidation sites excluding steroid dienone is 3. The average molecular weight is 387 g/mol. The molecule has 0 radical (unpaired) electrons. The van der Waals surface area contributed by atoms with E-state index in [9.17, 15) is 14.7 Å². The van der Waals surface area contributed by atoms with Gasteiger partial charge in [-0.2, -0.15) is 0 Å². The molecule has 1 heterocycles. The van der Waals surface area contributed by atoms with Crippen LogP contribution in [0.2, 0.25) is 0 Å². The first-order valence-corrected chi connectivity index (χ1v) is 9.86. The number of amides is 2. The SMILES string of the molecule is C=CC1=CC[C@H]2C(=O)N(c3ccccc3)C(=O)[C@@]2(C)[C@H]1c1cc(C)c(O)c(C)c1. The fourth-order valence-corrected chi connectivity index (χ4v) is 5.01. The number of rotatable bonds is 3. The Morgan fingerprint density at radius 3 is 2.34 bits per heavy atom. The largest absolute Gasteiger partial charge is 0.507 e. The van der Waals surface area contributed by atoms with Gasteiger partial charge < -0.3 is 5.11 Å². The number of phenols is 1. The summed E-state index contributed by atoms with van der Waals surface area (Å²) in [5.41, 5.74) is 3.07. The van der Waals surface area contributed by atoms with Crippen LogP contribution in [-0.4, -0.2) is 16.9 Å². The van der Waals surface area contributed by atoms with Gasteiger partial charge in [0.15, 0.2) is 0 Å². The molecular weight excluding hydrogens is 362 g/mol. The highest BCUT2D eigenvalue weighted by Crippen LogP contribution is 2.57. The van der Waals surface area contributed by atoms with Crippen LogP contribution < -0.4 is 4.90 Å². The molecule has 2 aromatic carbocycles. The first kappa shape index (κ1) is 19.2. The molecule has 3 atom stereocenters. The summed E-state index contributed by atoms with van der Waals surface area (Å²) in [5, 5.41) is 10.2. The Labute approximate surface area is 171 Å². The lowest BCUT2D eigenvalue weighted by Crippen LogP contribution is -2.41. The van der Waals surface area contributed by atoms with Crippen molar-refractivity contribution in [3.63, 3.8) is 0 Å². The minimum atomic E-state index is -0.916. The van der Waals surface area contributed by atoms with Crippen LogP contribution in [0.15, 0.2) is 66.8 Å². The third-order valence-corrected chi connectivity index (χ3v) is 6.53. The molecule has 1 saturated heterocycles. The van der Waals surface area contributed by atoms with Crippen LogP contribution in [0, 0.1) is 25.2 Å². The molecule has 148 valence electrons. The molecule has 2 aromatic rings. The molecule has 0 spiro atoms. The molecule has 1 aliphatic carbocycles. The number of anilines is 1. The van der Waals surface area contributed by atoms with Crippen molar-refractivity contribution >= 4 is 17.5 Å². The average Bonchev–Trinajstić information content (AvgIpc) is 2.91. The number of nitrogens with zero attached hydrogens (tertiary/aromatic N) is 1. The molecule has 0 bridgehead atoms. The molecule has 1 fully saturated rings. The van der Waals surface area contributed by atoms with Gasteiger partial charge in [0.25, 0.3) is 0 Å². The Morgan fingerprint density at radius 2 is 1.76 bits per heavy atom. The Kier molecular flexibility index (Phi) is 4.45. The number of aromatic hydroxyl groups is 1. The van der Waals surface area contributed by atoms with E-state index in [0.29, 0.717) is 12.1 Å². The standard InChI is InChI=1S/C25H25NO3/c1-5-17-11-12-20-23(28)26(19-9-7-6-8-10-19)24(29)25(20,4)21(17)18-13-15(2)22(27)16(3)14-18/h5-11,13-14,20-21,27H,1,12H2,2-4H3/t20-,21+,25+/m0/s1. The van der Waals surface area contributed by atoms with Crippen molar-refractivity contribution in [1.82, 2.24) is 0 Å². The first-order chi connectivity index (χ1) is 13.8. The zero-order chi connectivity index (χ0) is 20.9. The van der Waals surface area contributed by atoms with Crippen molar-refractivity contribution in [1.29, 1.82) is 0 Å². The summed E-state index contributed by atoms with van der Waals surface area (Å²) >= 11 is 0. The van der Waals surface area contributed by atoms with Crippen molar-refractivity contribution in [3.05, 3.63) is 83.5 Å². The van der Waals surface area contributed by atoms with Crippen molar-refractivity contribution in [3.8, 4) is 5.75 Å². The first-order valence-electron chi connectivity index (χ1n) is 9.86. The number of carbonyl (C=O) groups is 2. The smallest absolute Gasteiger partial charge is 0.241 e. The summed E-state index contributed by atoms with van der Waals surface area (Å²) in [4.78, 5) is 28.4. The summed E-state index contributed by atoms with van der Waals surface area (Å²) in [5.74, 6) is -0.810. The molecule has 4 rings (SSSR count). The van der Waals surface area contributed by atoms with Crippen LogP contribution >= 0.6 is 0 Å². The Bertz CT molecular complexity index is 1030. The second-order valence-corrected chi connectivity index (χ2v) is 8.23. The second kappa shape index (κ2) is 6.73. The van der Waals surface area contributed by atoms with Crippen LogP contribution in [0.3, 0.4) is 0 Å². The number of phenolic OH excluding ortho intramolecular Hbond substituents is 1. The van der Waals surface area contributed by atoms with E-state index in [1.807, 2.05) is 57.2 Å². The van der Waals surface area contributed by atoms with Crippen molar-refractivity contribution < 1.29 is 14.7 Å². The van der Waals surface area contributed by atoms with E-state index < -0.39 is 11.3 Å². The molecule has 1 aliphatic heterocycles. The van der Waals surface area contributed by atoms with Crippen LogP contribution in [0.5, 0.6) is 5.75 Å². The van der Waals surface area contributed by atoms with Crippen molar-refractivity contribution in [2.75, 3.05) is 4.90 Å². The van der Waals surface area contributed by atoms with Crippen LogP contribution in [0.1, 0.15) is 36.0 Å². The zero-order valence-corrected chi connectivity index (χ0v) is 17.0. The molecule has 4 nitrogen and oxygen atoms in total. The second-order valence-electron chi connectivity index (χ2n) is 8.23. The Morgan fingerprint density at radius 1 is 1.14 bits per heavy atom. The number of hydrogen-bond donors (Lipinski definition) is 1. The van der Waals surface area contributed by atoms with Gasteiger partial charge in [0, 0.05) is 5.92 Å². The lowest BCUT2D eigenvalue weighted by atomic mass is 9.60. The number of hydrogen-bond acceptors (Lipinski definition) is 3. The van der Waals surface area contributed by atoms with E-state index in [1.165, 1.54) is 4.90 Å². The minimum Gasteiger partial charge on any atom is -0.507 e. The summed E-state index contributed by atoms with van der Waals surface area (Å²) in [7, 11) is 0. The molecule has 2 amide bonds. The van der Waals surface area contributed by atoms with Crippen LogP contribution in [0.25, 0.3) is 0 Å². The Hall–Kier alpha value is -3.14. The normalized spacial score (nSPS) is 26.3. The lowest BCUT2D eigenvalue weighted by Gasteiger charge is -2.40. The quantitative estimate of drug-likeness (QED) is 0.770. The maximum absolute atomic E-state index is 13.7. The fraction of sp³-hybridized carbons (Fsp3) is 0.280. The molecule has 0 unspecified atom stereocenters. The third-order valence-electron chi connectivity index (χ3n) is 6.53. The number of carbonyl (C=O) groups excluding carboxylic acids is 2. The highest BCUT2D eigenvalue weighted by molar-refractivity contribution is 6.24. The topological polar surface area (TPSA) is 57.6 Å². The number of aryl methyl sites for hydroxylation is 2. The van der Waals surface area contributed by atoms with Gasteiger partial charge in [-0.15, -0.1) is 0 Å². The summed E-state index contributed by atoms with van der Waals surface area (Å²) in [6.07, 6.45) is 4.33. The van der Waals surface area contributed by atoms with Gasteiger partial charge in [0.1, 0.15) is 5.75 Å². The van der Waals surface area contributed by atoms with Crippen LogP contribution in [0.4, 0.5) is 5.69 Å². The van der Waals surface area contributed by atoms with E-state index in [1.54, 1.807) is 18.2 Å². The minimum absolute atomic E-state index is 0.153. The van der Waals surface area contributed by atoms with Gasteiger partial charge in [-0.3, -0.25) is 9.59 Å². The van der Waals surface area contributed by atoms with Gasteiger partial charge in [0.05, 0.1) is 17.0 Å². The van der Waals surface area contributed by atoms with E-state index in [2.05, 4.69) is 6.58 Å². The van der Waals surface area contributed by atoms with Crippen molar-refractivity contribution in [2.24, 2.45) is 11.3 Å². The van der Waals surface area contributed by atoms with Gasteiger partial charge in [-0.25, -0.2) is 4.90 Å². The summed E-state index contributed by atoms with van der Waals surface area (Å²) < 4.78 is 0. The maximum Gasteiger partial charge on any atom is 0.241 e. The highest BCUT2D eigenvalue weighted by Gasteiger charge is 2.62. The predicted molar refractivity (Wildman–Crippen MR) is 114 cm³/mol. The number of benzene rings is 2. The van der Waals surface area contributed by atoms with Crippen molar-refractivity contribution in [2.45, 2.75) is 33.1 Å². The van der Waals surface area contributed by atoms with E-state index in [-0.39, 0.29) is 23.5 Å². The molecular formula is C25H25NO3. The van der Waals surface area contributed by atoms with Gasteiger partial charge in [-0.1, -0.05) is 49.1 Å². The van der Waals surface area contributed by atoms with Gasteiger partial charge in [-0.05, 0) is 61.6 Å². The number of imide groups is 1. The van der Waals surface area contributed by atoms with E-state index >= 15 is 0 Å². The maximum atomic E-state index is 13.7. The zero-order valence-electron chi connectivity index (χ0n) is 17.0. The highest BCUT2D eigenvalue weighted by atomic mass is 16.3.